The number of carbonyl (C=O) groups is 3. The lowest BCUT2D eigenvalue weighted by atomic mass is 10.1. The first-order chi connectivity index (χ1) is 16.8. The predicted octanol–water partition coefficient (Wildman–Crippen LogP) is 3.11. The van der Waals surface area contributed by atoms with Gasteiger partial charge in [-0.05, 0) is 49.1 Å². The number of ether oxygens (including phenoxy) is 1. The van der Waals surface area contributed by atoms with E-state index in [2.05, 4.69) is 21.4 Å². The van der Waals surface area contributed by atoms with E-state index >= 15 is 0 Å². The molecule has 1 aromatic carbocycles. The Labute approximate surface area is 203 Å². The summed E-state index contributed by atoms with van der Waals surface area (Å²) in [5.41, 5.74) is 3.47. The Kier molecular flexibility index (Phi) is 7.26. The minimum absolute atomic E-state index is 0.00961. The van der Waals surface area contributed by atoms with Crippen molar-refractivity contribution in [2.75, 3.05) is 32.1 Å². The molecule has 0 saturated heterocycles. The maximum atomic E-state index is 12.9. The molecule has 1 aliphatic heterocycles. The highest BCUT2D eigenvalue weighted by atomic mass is 16.5. The fourth-order valence-corrected chi connectivity index (χ4v) is 4.03. The molecule has 0 spiro atoms. The minimum Gasteiger partial charge on any atom is -0.465 e. The van der Waals surface area contributed by atoms with Crippen molar-refractivity contribution in [2.45, 2.75) is 26.4 Å². The van der Waals surface area contributed by atoms with Gasteiger partial charge in [0.25, 0.3) is 0 Å². The third kappa shape index (κ3) is 5.75. The number of anilines is 1. The van der Waals surface area contributed by atoms with E-state index in [1.165, 1.54) is 6.08 Å². The summed E-state index contributed by atoms with van der Waals surface area (Å²) < 4.78 is 5.00. The van der Waals surface area contributed by atoms with Crippen LogP contribution in [0, 0.1) is 0 Å². The molecular formula is C26H29N5O4. The predicted molar refractivity (Wildman–Crippen MR) is 133 cm³/mol. The van der Waals surface area contributed by atoms with E-state index in [-0.39, 0.29) is 43.5 Å². The molecule has 2 N–H and O–H groups in total. The van der Waals surface area contributed by atoms with Crippen LogP contribution in [-0.2, 0) is 25.7 Å². The standard InChI is InChI=1S/C26H29N5O4/c1-4-35-25(34)16-31-14-20-11-18(13-27-26(20)29-23(32)15-31)9-10-24(33)30(3)17(2)22-12-19-7-5-6-8-21(19)28-22/h5-13,17,28H,4,14-16H2,1-3H3,(H,27,29,32)/b10-9+. The largest absolute Gasteiger partial charge is 0.465 e. The van der Waals surface area contributed by atoms with Crippen LogP contribution in [0.4, 0.5) is 5.82 Å². The number of hydrogen-bond acceptors (Lipinski definition) is 6. The molecule has 0 aliphatic carbocycles. The molecule has 0 radical (unpaired) electrons. The number of nitrogens with one attached hydrogen (secondary N) is 2. The molecule has 1 aliphatic rings. The van der Waals surface area contributed by atoms with E-state index in [9.17, 15) is 14.4 Å². The Hall–Kier alpha value is -3.98. The van der Waals surface area contributed by atoms with Crippen LogP contribution >= 0.6 is 0 Å². The summed E-state index contributed by atoms with van der Waals surface area (Å²) in [7, 11) is 1.76. The average Bonchev–Trinajstić information content (AvgIpc) is 3.20. The van der Waals surface area contributed by atoms with Gasteiger partial charge >= 0.3 is 5.97 Å². The van der Waals surface area contributed by atoms with Gasteiger partial charge in [-0.15, -0.1) is 0 Å². The number of esters is 1. The van der Waals surface area contributed by atoms with Crippen molar-refractivity contribution in [3.05, 3.63) is 65.5 Å². The van der Waals surface area contributed by atoms with Crippen LogP contribution in [0.25, 0.3) is 17.0 Å². The minimum atomic E-state index is -0.384. The highest BCUT2D eigenvalue weighted by molar-refractivity contribution is 5.94. The third-order valence-electron chi connectivity index (χ3n) is 6.01. The summed E-state index contributed by atoms with van der Waals surface area (Å²) in [6.45, 7) is 4.43. The topological polar surface area (TPSA) is 108 Å². The number of carbonyl (C=O) groups excluding carboxylic acids is 3. The quantitative estimate of drug-likeness (QED) is 0.402. The molecule has 0 fully saturated rings. The number of likely N-dealkylation sites (N-methyl/N-ethyl adjacent to an activating group) is 1. The number of aromatic amines is 1. The Bertz CT molecular complexity index is 1250. The molecule has 9 heteroatoms. The van der Waals surface area contributed by atoms with Gasteiger partial charge in [-0.2, -0.15) is 0 Å². The van der Waals surface area contributed by atoms with Gasteiger partial charge in [0.15, 0.2) is 0 Å². The number of nitrogens with zero attached hydrogens (tertiary/aromatic N) is 3. The Morgan fingerprint density at radius 2 is 2.06 bits per heavy atom. The molecule has 2 amide bonds. The number of para-hydroxylation sites is 1. The molecule has 9 nitrogen and oxygen atoms in total. The number of aromatic nitrogens is 2. The number of hydrogen-bond donors (Lipinski definition) is 2. The van der Waals surface area contributed by atoms with E-state index in [1.807, 2.05) is 37.3 Å². The van der Waals surface area contributed by atoms with Crippen LogP contribution in [0.3, 0.4) is 0 Å². The Balaban J connectivity index is 1.46. The summed E-state index contributed by atoms with van der Waals surface area (Å²) >= 11 is 0. The Morgan fingerprint density at radius 3 is 2.83 bits per heavy atom. The molecule has 35 heavy (non-hydrogen) atoms. The van der Waals surface area contributed by atoms with E-state index in [0.717, 1.165) is 27.7 Å². The average molecular weight is 476 g/mol. The van der Waals surface area contributed by atoms with Gasteiger partial charge in [0.05, 0.1) is 25.7 Å². The van der Waals surface area contributed by atoms with Crippen molar-refractivity contribution in [2.24, 2.45) is 0 Å². The number of H-pyrrole nitrogens is 1. The molecule has 3 aromatic rings. The fraction of sp³-hybridized carbons (Fsp3) is 0.308. The second kappa shape index (κ2) is 10.5. The SMILES string of the molecule is CCOC(=O)CN1CC(=O)Nc2ncc(/C=C/C(=O)N(C)C(C)c3cc4ccccc4[nH]3)cc2C1. The van der Waals surface area contributed by atoms with Crippen molar-refractivity contribution in [3.8, 4) is 0 Å². The molecule has 182 valence electrons. The summed E-state index contributed by atoms with van der Waals surface area (Å²) in [4.78, 5) is 48.0. The number of rotatable bonds is 7. The maximum Gasteiger partial charge on any atom is 0.320 e. The number of benzene rings is 1. The highest BCUT2D eigenvalue weighted by Gasteiger charge is 2.23. The van der Waals surface area contributed by atoms with Crippen molar-refractivity contribution in [1.29, 1.82) is 0 Å². The van der Waals surface area contributed by atoms with Crippen LogP contribution in [0.5, 0.6) is 0 Å². The van der Waals surface area contributed by atoms with Gasteiger partial charge in [0, 0.05) is 42.6 Å². The van der Waals surface area contributed by atoms with Crippen LogP contribution in [-0.4, -0.2) is 64.3 Å². The van der Waals surface area contributed by atoms with Crippen molar-refractivity contribution in [1.82, 2.24) is 19.8 Å². The zero-order valence-corrected chi connectivity index (χ0v) is 20.1. The molecule has 0 saturated carbocycles. The second-order valence-corrected chi connectivity index (χ2v) is 8.55. The fourth-order valence-electron chi connectivity index (χ4n) is 4.03. The van der Waals surface area contributed by atoms with E-state index in [1.54, 1.807) is 36.0 Å². The normalized spacial score (nSPS) is 14.9. The highest BCUT2D eigenvalue weighted by Crippen LogP contribution is 2.24. The van der Waals surface area contributed by atoms with E-state index < -0.39 is 0 Å². The summed E-state index contributed by atoms with van der Waals surface area (Å²) in [5, 5.41) is 3.87. The van der Waals surface area contributed by atoms with Crippen LogP contribution < -0.4 is 5.32 Å². The van der Waals surface area contributed by atoms with Crippen LogP contribution in [0.2, 0.25) is 0 Å². The molecular weight excluding hydrogens is 446 g/mol. The lowest BCUT2D eigenvalue weighted by Gasteiger charge is -2.22. The molecule has 3 heterocycles. The van der Waals surface area contributed by atoms with Crippen molar-refractivity contribution < 1.29 is 19.1 Å². The first-order valence-electron chi connectivity index (χ1n) is 11.5. The zero-order chi connectivity index (χ0) is 24.9. The number of fused-ring (bicyclic) bond motifs is 2. The number of amides is 2. The smallest absolute Gasteiger partial charge is 0.320 e. The molecule has 0 bridgehead atoms. The monoisotopic (exact) mass is 475 g/mol. The molecule has 1 atom stereocenters. The lowest BCUT2D eigenvalue weighted by molar-refractivity contribution is -0.144. The van der Waals surface area contributed by atoms with Gasteiger partial charge in [-0.1, -0.05) is 18.2 Å². The summed E-state index contributed by atoms with van der Waals surface area (Å²) in [6.07, 6.45) is 4.81. The van der Waals surface area contributed by atoms with Crippen molar-refractivity contribution in [3.63, 3.8) is 0 Å². The summed E-state index contributed by atoms with van der Waals surface area (Å²) in [6, 6.07) is 11.8. The summed E-state index contributed by atoms with van der Waals surface area (Å²) in [5.74, 6) is -0.324. The molecule has 4 rings (SSSR count). The van der Waals surface area contributed by atoms with Crippen LogP contribution in [0.15, 0.2) is 48.7 Å². The zero-order valence-electron chi connectivity index (χ0n) is 20.1. The van der Waals surface area contributed by atoms with E-state index in [0.29, 0.717) is 12.4 Å². The molecule has 1 unspecified atom stereocenters. The number of pyridine rings is 1. The molecule has 2 aromatic heterocycles. The van der Waals surface area contributed by atoms with Crippen molar-refractivity contribution >= 4 is 40.6 Å². The first kappa shape index (κ1) is 24.2. The van der Waals surface area contributed by atoms with Gasteiger partial charge in [0.2, 0.25) is 11.8 Å². The third-order valence-corrected chi connectivity index (χ3v) is 6.01. The van der Waals surface area contributed by atoms with Gasteiger partial charge in [-0.25, -0.2) is 4.98 Å². The maximum absolute atomic E-state index is 12.9. The van der Waals surface area contributed by atoms with Crippen LogP contribution in [0.1, 0.15) is 36.7 Å². The first-order valence-corrected chi connectivity index (χ1v) is 11.5. The van der Waals surface area contributed by atoms with Gasteiger partial charge < -0.3 is 19.9 Å². The van der Waals surface area contributed by atoms with Gasteiger partial charge in [-0.3, -0.25) is 19.3 Å². The Morgan fingerprint density at radius 1 is 1.26 bits per heavy atom. The second-order valence-electron chi connectivity index (χ2n) is 8.55. The van der Waals surface area contributed by atoms with Gasteiger partial charge in [0.1, 0.15) is 5.82 Å². The lowest BCUT2D eigenvalue weighted by Crippen LogP contribution is -2.35. The van der Waals surface area contributed by atoms with E-state index in [4.69, 9.17) is 4.74 Å².